The fourth-order valence-corrected chi connectivity index (χ4v) is 3.35. The first-order valence-corrected chi connectivity index (χ1v) is 8.59. The highest BCUT2D eigenvalue weighted by atomic mass is 32.1. The molecule has 0 saturated heterocycles. The molecule has 5 heteroatoms. The molecular formula is C19H20O4S. The predicted octanol–water partition coefficient (Wildman–Crippen LogP) is 4.14. The highest BCUT2D eigenvalue weighted by Gasteiger charge is 2.20. The number of carbonyl (C=O) groups is 3. The molecule has 4 nitrogen and oxygen atoms in total. The van der Waals surface area contributed by atoms with Crippen molar-refractivity contribution in [1.29, 1.82) is 0 Å². The number of hydrogen-bond acceptors (Lipinski definition) is 5. The number of thiophene rings is 1. The Morgan fingerprint density at radius 1 is 1.08 bits per heavy atom. The summed E-state index contributed by atoms with van der Waals surface area (Å²) in [7, 11) is 0. The maximum atomic E-state index is 12.2. The van der Waals surface area contributed by atoms with Gasteiger partial charge in [0, 0.05) is 27.3 Å². The highest BCUT2D eigenvalue weighted by molar-refractivity contribution is 7.12. The van der Waals surface area contributed by atoms with Crippen molar-refractivity contribution in [1.82, 2.24) is 0 Å². The van der Waals surface area contributed by atoms with Crippen LogP contribution in [-0.4, -0.2) is 23.6 Å². The van der Waals surface area contributed by atoms with Crippen molar-refractivity contribution in [3.63, 3.8) is 0 Å². The molecule has 1 unspecified atom stereocenters. The third-order valence-electron chi connectivity index (χ3n) is 3.63. The Kier molecular flexibility index (Phi) is 6.04. The zero-order valence-corrected chi connectivity index (χ0v) is 14.8. The van der Waals surface area contributed by atoms with Crippen molar-refractivity contribution in [2.45, 2.75) is 39.7 Å². The average Bonchev–Trinajstić information content (AvgIpc) is 2.91. The van der Waals surface area contributed by atoms with E-state index >= 15 is 0 Å². The van der Waals surface area contributed by atoms with Gasteiger partial charge in [0.1, 0.15) is 0 Å². The van der Waals surface area contributed by atoms with Gasteiger partial charge in [0.15, 0.2) is 11.9 Å². The quantitative estimate of drug-likeness (QED) is 0.559. The van der Waals surface area contributed by atoms with Gasteiger partial charge in [-0.2, -0.15) is 0 Å². The standard InChI is InChI=1S/C19H20O4S/c1-12-11-16(14(3)24-12)17(20)9-10-18(21)23-13(2)19(22)15-7-5-4-6-8-15/h4-8,11,13H,9-10H2,1-3H3. The molecule has 2 aromatic rings. The summed E-state index contributed by atoms with van der Waals surface area (Å²) in [4.78, 5) is 38.2. The summed E-state index contributed by atoms with van der Waals surface area (Å²) >= 11 is 1.56. The molecule has 0 amide bonds. The van der Waals surface area contributed by atoms with Crippen LogP contribution in [0.3, 0.4) is 0 Å². The van der Waals surface area contributed by atoms with Gasteiger partial charge in [-0.3, -0.25) is 14.4 Å². The summed E-state index contributed by atoms with van der Waals surface area (Å²) in [6.45, 7) is 5.38. The van der Waals surface area contributed by atoms with Crippen LogP contribution in [0.25, 0.3) is 0 Å². The van der Waals surface area contributed by atoms with E-state index in [-0.39, 0.29) is 24.4 Å². The Morgan fingerprint density at radius 2 is 1.75 bits per heavy atom. The molecular weight excluding hydrogens is 324 g/mol. The normalized spacial score (nSPS) is 11.8. The Balaban J connectivity index is 1.86. The molecule has 0 aliphatic carbocycles. The van der Waals surface area contributed by atoms with Crippen molar-refractivity contribution < 1.29 is 19.1 Å². The second-order valence-corrected chi connectivity index (χ2v) is 7.07. The topological polar surface area (TPSA) is 60.4 Å². The maximum absolute atomic E-state index is 12.2. The van der Waals surface area contributed by atoms with Crippen LogP contribution in [0.1, 0.15) is 50.2 Å². The summed E-state index contributed by atoms with van der Waals surface area (Å²) in [6.07, 6.45) is -0.804. The van der Waals surface area contributed by atoms with Gasteiger partial charge in [0.2, 0.25) is 5.78 Å². The van der Waals surface area contributed by atoms with Gasteiger partial charge in [0.05, 0.1) is 6.42 Å². The zero-order valence-electron chi connectivity index (χ0n) is 14.0. The smallest absolute Gasteiger partial charge is 0.306 e. The van der Waals surface area contributed by atoms with E-state index in [1.807, 2.05) is 26.0 Å². The number of ketones is 2. The molecule has 24 heavy (non-hydrogen) atoms. The molecule has 1 aromatic heterocycles. The van der Waals surface area contributed by atoms with Crippen LogP contribution < -0.4 is 0 Å². The Morgan fingerprint density at radius 3 is 2.33 bits per heavy atom. The minimum absolute atomic E-state index is 0.0282. The summed E-state index contributed by atoms with van der Waals surface area (Å²) in [6, 6.07) is 10.5. The molecule has 1 atom stereocenters. The molecule has 1 aromatic carbocycles. The number of aryl methyl sites for hydroxylation is 2. The van der Waals surface area contributed by atoms with Crippen molar-refractivity contribution in [2.24, 2.45) is 0 Å². The summed E-state index contributed by atoms with van der Waals surface area (Å²) < 4.78 is 5.15. The minimum Gasteiger partial charge on any atom is -0.454 e. The van der Waals surface area contributed by atoms with E-state index in [1.54, 1.807) is 42.5 Å². The third-order valence-corrected chi connectivity index (χ3v) is 4.60. The lowest BCUT2D eigenvalue weighted by Crippen LogP contribution is -2.24. The molecule has 2 rings (SSSR count). The van der Waals surface area contributed by atoms with Crippen LogP contribution in [-0.2, 0) is 9.53 Å². The van der Waals surface area contributed by atoms with E-state index in [9.17, 15) is 14.4 Å². The van der Waals surface area contributed by atoms with Crippen LogP contribution in [0.15, 0.2) is 36.4 Å². The zero-order chi connectivity index (χ0) is 17.7. The molecule has 0 N–H and O–H groups in total. The van der Waals surface area contributed by atoms with Crippen LogP contribution >= 0.6 is 11.3 Å². The first-order valence-electron chi connectivity index (χ1n) is 7.77. The molecule has 0 aliphatic heterocycles. The number of carbonyl (C=O) groups excluding carboxylic acids is 3. The lowest BCUT2D eigenvalue weighted by Gasteiger charge is -2.12. The number of hydrogen-bond donors (Lipinski definition) is 0. The van der Waals surface area contributed by atoms with Crippen LogP contribution in [0.2, 0.25) is 0 Å². The van der Waals surface area contributed by atoms with E-state index < -0.39 is 12.1 Å². The van der Waals surface area contributed by atoms with Crippen LogP contribution in [0, 0.1) is 13.8 Å². The van der Waals surface area contributed by atoms with Crippen molar-refractivity contribution >= 4 is 28.9 Å². The van der Waals surface area contributed by atoms with E-state index in [4.69, 9.17) is 4.74 Å². The maximum Gasteiger partial charge on any atom is 0.306 e. The van der Waals surface area contributed by atoms with Crippen LogP contribution in [0.5, 0.6) is 0 Å². The fourth-order valence-electron chi connectivity index (χ4n) is 2.40. The van der Waals surface area contributed by atoms with Gasteiger partial charge in [-0.25, -0.2) is 0 Å². The molecule has 0 bridgehead atoms. The van der Waals surface area contributed by atoms with Gasteiger partial charge in [-0.15, -0.1) is 11.3 Å². The van der Waals surface area contributed by atoms with E-state index in [2.05, 4.69) is 0 Å². The second-order valence-electron chi connectivity index (χ2n) is 5.61. The minimum atomic E-state index is -0.861. The lowest BCUT2D eigenvalue weighted by atomic mass is 10.1. The summed E-state index contributed by atoms with van der Waals surface area (Å²) in [5, 5.41) is 0. The van der Waals surface area contributed by atoms with Crippen molar-refractivity contribution in [3.05, 3.63) is 57.3 Å². The number of ether oxygens (including phenoxy) is 1. The SMILES string of the molecule is Cc1cc(C(=O)CCC(=O)OC(C)C(=O)c2ccccc2)c(C)s1. The first-order chi connectivity index (χ1) is 11.4. The van der Waals surface area contributed by atoms with E-state index in [0.717, 1.165) is 9.75 Å². The molecule has 126 valence electrons. The van der Waals surface area contributed by atoms with Crippen molar-refractivity contribution in [2.75, 3.05) is 0 Å². The van der Waals surface area contributed by atoms with Gasteiger partial charge in [-0.1, -0.05) is 30.3 Å². The summed E-state index contributed by atoms with van der Waals surface area (Å²) in [5.41, 5.74) is 1.16. The van der Waals surface area contributed by atoms with Gasteiger partial charge >= 0.3 is 5.97 Å². The van der Waals surface area contributed by atoms with Gasteiger partial charge in [-0.05, 0) is 26.8 Å². The third kappa shape index (κ3) is 4.61. The number of esters is 1. The van der Waals surface area contributed by atoms with Gasteiger partial charge < -0.3 is 4.74 Å². The molecule has 0 aliphatic rings. The largest absolute Gasteiger partial charge is 0.454 e. The average molecular weight is 344 g/mol. The lowest BCUT2D eigenvalue weighted by molar-refractivity contribution is -0.146. The highest BCUT2D eigenvalue weighted by Crippen LogP contribution is 2.22. The van der Waals surface area contributed by atoms with E-state index in [0.29, 0.717) is 11.1 Å². The first kappa shape index (κ1) is 18.1. The number of Topliss-reactive ketones (excluding diaryl/α,β-unsaturated/α-hetero) is 2. The predicted molar refractivity (Wildman–Crippen MR) is 93.7 cm³/mol. The van der Waals surface area contributed by atoms with Crippen LogP contribution in [0.4, 0.5) is 0 Å². The number of benzene rings is 1. The molecule has 1 heterocycles. The Labute approximate surface area is 145 Å². The number of rotatable bonds is 7. The second kappa shape index (κ2) is 8.02. The fraction of sp³-hybridized carbons (Fsp3) is 0.316. The monoisotopic (exact) mass is 344 g/mol. The molecule has 0 spiro atoms. The van der Waals surface area contributed by atoms with Gasteiger partial charge in [0.25, 0.3) is 0 Å². The molecule has 0 fully saturated rings. The Bertz CT molecular complexity index is 746. The Hall–Kier alpha value is -2.27. The van der Waals surface area contributed by atoms with E-state index in [1.165, 1.54) is 0 Å². The molecule has 0 radical (unpaired) electrons. The summed E-state index contributed by atoms with van der Waals surface area (Å²) in [5.74, 6) is -0.861. The van der Waals surface area contributed by atoms with Crippen molar-refractivity contribution in [3.8, 4) is 0 Å². The molecule has 0 saturated carbocycles.